The first-order chi connectivity index (χ1) is 31.5. The molecule has 1 unspecified atom stereocenters. The molecule has 2 saturated heterocycles. The van der Waals surface area contributed by atoms with Crippen molar-refractivity contribution in [2.75, 3.05) is 61.1 Å². The number of benzene rings is 1. The Morgan fingerprint density at radius 3 is 2.61 bits per heavy atom. The van der Waals surface area contributed by atoms with Crippen LogP contribution in [0.15, 0.2) is 41.9 Å². The number of hydrogen-bond donors (Lipinski definition) is 2. The maximum atomic E-state index is 14.8. The fraction of sp³-hybridized carbons (Fsp3) is 0.600. The summed E-state index contributed by atoms with van der Waals surface area (Å²) < 4.78 is 14.7. The van der Waals surface area contributed by atoms with E-state index in [1.165, 1.54) is 21.2 Å². The highest BCUT2D eigenvalue weighted by molar-refractivity contribution is 7.10. The van der Waals surface area contributed by atoms with E-state index in [4.69, 9.17) is 19.4 Å². The van der Waals surface area contributed by atoms with E-state index in [2.05, 4.69) is 65.2 Å². The molecule has 15 nitrogen and oxygen atoms in total. The van der Waals surface area contributed by atoms with Crippen LogP contribution in [0.4, 0.5) is 4.79 Å². The van der Waals surface area contributed by atoms with Crippen LogP contribution >= 0.6 is 11.3 Å². The summed E-state index contributed by atoms with van der Waals surface area (Å²) in [5.74, 6) is -1.07. The maximum Gasteiger partial charge on any atom is 0.320 e. The number of nitrogens with zero attached hydrogens (tertiary/aromatic N) is 7. The smallest absolute Gasteiger partial charge is 0.320 e. The van der Waals surface area contributed by atoms with E-state index < -0.39 is 28.9 Å². The number of methoxy groups -OCH3 is 1. The SMILES string of the molecule is CCn1c(-c2cccnc2[C@H](C)OC)c2c3cc(ccc31)-c1csc(n1)C[C@H](NC(=O)[C@H](C(C)C)N(C)C(=O)N1CCCC[C@@H](N(C)C)C1)C(=O)N1CCCC(C=O)(COCC(C)(C)C2)N1. The number of likely N-dealkylation sites (tertiary alicyclic amines) is 1. The molecule has 7 rings (SSSR count). The second-order valence-electron chi connectivity index (χ2n) is 20.0. The van der Waals surface area contributed by atoms with Gasteiger partial charge in [0.25, 0.3) is 5.91 Å². The number of hydrazine groups is 1. The third-order valence-electron chi connectivity index (χ3n) is 13.8. The molecular weight excluding hydrogens is 855 g/mol. The molecule has 3 aromatic heterocycles. The van der Waals surface area contributed by atoms with Crippen molar-refractivity contribution in [1.29, 1.82) is 0 Å². The number of amides is 4. The van der Waals surface area contributed by atoms with Gasteiger partial charge in [-0.1, -0.05) is 40.2 Å². The van der Waals surface area contributed by atoms with Gasteiger partial charge in [0.15, 0.2) is 0 Å². The van der Waals surface area contributed by atoms with E-state index in [1.54, 1.807) is 14.2 Å². The van der Waals surface area contributed by atoms with Gasteiger partial charge in [-0.15, -0.1) is 11.3 Å². The van der Waals surface area contributed by atoms with Gasteiger partial charge in [0, 0.05) is 86.4 Å². The number of likely N-dealkylation sites (N-methyl/N-ethyl adjacent to an activating group) is 2. The van der Waals surface area contributed by atoms with Crippen LogP contribution in [-0.2, 0) is 43.2 Å². The molecule has 2 N–H and O–H groups in total. The Morgan fingerprint density at radius 1 is 1.11 bits per heavy atom. The Morgan fingerprint density at radius 2 is 1.89 bits per heavy atom. The zero-order valence-corrected chi connectivity index (χ0v) is 41.5. The van der Waals surface area contributed by atoms with Gasteiger partial charge in [0.1, 0.15) is 23.9 Å². The van der Waals surface area contributed by atoms with Crippen LogP contribution in [0.25, 0.3) is 33.4 Å². The van der Waals surface area contributed by atoms with Crippen molar-refractivity contribution >= 4 is 46.4 Å². The van der Waals surface area contributed by atoms with Gasteiger partial charge in [-0.05, 0) is 101 Å². The van der Waals surface area contributed by atoms with Crippen molar-refractivity contribution < 1.29 is 28.7 Å². The predicted molar refractivity (Wildman–Crippen MR) is 259 cm³/mol. The fourth-order valence-electron chi connectivity index (χ4n) is 10.2. The molecule has 16 heteroatoms. The molecule has 2 fully saturated rings. The van der Waals surface area contributed by atoms with Gasteiger partial charge >= 0.3 is 6.03 Å². The van der Waals surface area contributed by atoms with Gasteiger partial charge in [0.2, 0.25) is 5.91 Å². The maximum absolute atomic E-state index is 14.8. The number of nitrogens with one attached hydrogen (secondary N) is 2. The van der Waals surface area contributed by atoms with E-state index in [-0.39, 0.29) is 43.0 Å². The lowest BCUT2D eigenvalue weighted by molar-refractivity contribution is -0.147. The van der Waals surface area contributed by atoms with Gasteiger partial charge in [-0.2, -0.15) is 0 Å². The molecule has 0 aliphatic carbocycles. The second-order valence-corrected chi connectivity index (χ2v) is 20.9. The minimum atomic E-state index is -1.16. The van der Waals surface area contributed by atoms with Gasteiger partial charge in [-0.25, -0.2) is 15.2 Å². The van der Waals surface area contributed by atoms with Crippen molar-refractivity contribution in [3.8, 4) is 22.5 Å². The first kappa shape index (κ1) is 49.2. The molecule has 0 saturated carbocycles. The van der Waals surface area contributed by atoms with Crippen molar-refractivity contribution in [2.45, 2.75) is 123 Å². The van der Waals surface area contributed by atoms with Gasteiger partial charge < -0.3 is 38.9 Å². The van der Waals surface area contributed by atoms with Gasteiger partial charge in [-0.3, -0.25) is 19.6 Å². The minimum absolute atomic E-state index is 0.0515. The Labute approximate surface area is 394 Å². The molecule has 6 heterocycles. The normalized spacial score (nSPS) is 22.8. The van der Waals surface area contributed by atoms with E-state index in [9.17, 15) is 19.2 Å². The summed E-state index contributed by atoms with van der Waals surface area (Å²) in [4.78, 5) is 72.2. The van der Waals surface area contributed by atoms with Crippen LogP contribution in [0.5, 0.6) is 0 Å². The van der Waals surface area contributed by atoms with Crippen LogP contribution in [0.1, 0.15) is 96.0 Å². The molecule has 5 atom stereocenters. The molecule has 358 valence electrons. The lowest BCUT2D eigenvalue weighted by Gasteiger charge is -2.42. The van der Waals surface area contributed by atoms with E-state index >= 15 is 0 Å². The van der Waals surface area contributed by atoms with Crippen LogP contribution in [0.3, 0.4) is 0 Å². The molecule has 1 aromatic carbocycles. The topological polar surface area (TPSA) is 154 Å². The first-order valence-corrected chi connectivity index (χ1v) is 24.6. The molecule has 0 radical (unpaired) electrons. The monoisotopic (exact) mass is 926 g/mol. The van der Waals surface area contributed by atoms with Crippen molar-refractivity contribution in [3.05, 3.63) is 58.2 Å². The lowest BCUT2D eigenvalue weighted by atomic mass is 9.84. The molecule has 66 heavy (non-hydrogen) atoms. The minimum Gasteiger partial charge on any atom is -0.378 e. The number of aldehydes is 1. The van der Waals surface area contributed by atoms with Crippen LogP contribution in [-0.4, -0.2) is 143 Å². The highest BCUT2D eigenvalue weighted by Crippen LogP contribution is 2.42. The number of aryl methyl sites for hydroxylation is 1. The number of rotatable bonds is 10. The summed E-state index contributed by atoms with van der Waals surface area (Å²) >= 11 is 1.44. The molecule has 3 aliphatic rings. The zero-order chi connectivity index (χ0) is 47.5. The van der Waals surface area contributed by atoms with Crippen molar-refractivity contribution in [1.82, 2.24) is 45.0 Å². The quantitative estimate of drug-likeness (QED) is 0.164. The molecular formula is C50H71N9O6S. The van der Waals surface area contributed by atoms with E-state index in [1.807, 2.05) is 57.4 Å². The molecule has 6 bridgehead atoms. The third-order valence-corrected chi connectivity index (χ3v) is 14.7. The average molecular weight is 926 g/mol. The van der Waals surface area contributed by atoms with Gasteiger partial charge in [0.05, 0.1) is 41.4 Å². The van der Waals surface area contributed by atoms with Crippen LogP contribution < -0.4 is 10.7 Å². The summed E-state index contributed by atoms with van der Waals surface area (Å²) in [6.07, 6.45) is 7.14. The number of carbonyl (C=O) groups excluding carboxylic acids is 4. The third kappa shape index (κ3) is 10.4. The second kappa shape index (κ2) is 20.6. The zero-order valence-electron chi connectivity index (χ0n) is 40.7. The number of pyridine rings is 1. The average Bonchev–Trinajstić information content (AvgIpc) is 3.78. The lowest BCUT2D eigenvalue weighted by Crippen LogP contribution is -2.66. The Bertz CT molecular complexity index is 2380. The Kier molecular flexibility index (Phi) is 15.4. The molecule has 0 spiro atoms. The Hall–Kier alpha value is -4.74. The summed E-state index contributed by atoms with van der Waals surface area (Å²) in [5, 5.41) is 8.34. The summed E-state index contributed by atoms with van der Waals surface area (Å²) in [6.45, 7) is 15.0. The van der Waals surface area contributed by atoms with E-state index in [0.717, 1.165) is 76.8 Å². The number of urea groups is 1. The number of thiazole rings is 1. The number of carbonyl (C=O) groups is 4. The summed E-state index contributed by atoms with van der Waals surface area (Å²) in [7, 11) is 7.46. The summed E-state index contributed by atoms with van der Waals surface area (Å²) in [5.41, 5.74) is 8.61. The predicted octanol–water partition coefficient (Wildman–Crippen LogP) is 6.74. The number of aromatic nitrogens is 3. The first-order valence-electron chi connectivity index (χ1n) is 23.7. The van der Waals surface area contributed by atoms with Crippen molar-refractivity contribution in [3.63, 3.8) is 0 Å². The fourth-order valence-corrected chi connectivity index (χ4v) is 11.0. The highest BCUT2D eigenvalue weighted by atomic mass is 32.1. The summed E-state index contributed by atoms with van der Waals surface area (Å²) in [6, 6.07) is 8.68. The number of ether oxygens (including phenoxy) is 2. The highest BCUT2D eigenvalue weighted by Gasteiger charge is 2.42. The number of fused-ring (bicyclic) bond motifs is 6. The van der Waals surface area contributed by atoms with Crippen molar-refractivity contribution in [2.24, 2.45) is 11.3 Å². The van der Waals surface area contributed by atoms with Crippen LogP contribution in [0, 0.1) is 11.3 Å². The molecule has 4 amide bonds. The Balaban J connectivity index is 1.28. The number of hydrogen-bond acceptors (Lipinski definition) is 11. The van der Waals surface area contributed by atoms with E-state index in [0.29, 0.717) is 50.5 Å². The van der Waals surface area contributed by atoms with Crippen LogP contribution in [0.2, 0.25) is 0 Å². The largest absolute Gasteiger partial charge is 0.378 e. The molecule has 3 aliphatic heterocycles. The standard InChI is InChI=1S/C50H71N9O6S/c1-11-58-41-19-18-34-24-37(41)38(45(58)36-17-14-21-51-43(36)33(4)64-10)26-49(5,6)30-65-31-50(29-60)20-15-23-59(54-50)47(62)39(25-42-52-40(34)28-66-42)53-46(61)44(32(2)3)56(9)48(63)57-22-13-12-16-35(27-57)55(7)8/h14,17-19,21,24,28-29,32-33,35,39,44,54H,11-13,15-16,20,22-23,25-27,30-31H2,1-10H3,(H,53,61)/t33-,35+,39-,44-,50?/m0/s1. The molecule has 4 aromatic rings.